The molecule has 0 heterocycles. The second-order valence-electron chi connectivity index (χ2n) is 8.79. The Balaban J connectivity index is 2.00. The van der Waals surface area contributed by atoms with Gasteiger partial charge >= 0.3 is 0 Å². The number of sulfonamides is 1. The normalized spacial score (nSPS) is 12.2. The van der Waals surface area contributed by atoms with Crippen molar-refractivity contribution in [2.75, 3.05) is 10.8 Å². The molecule has 0 bridgehead atoms. The van der Waals surface area contributed by atoms with E-state index in [9.17, 15) is 22.4 Å². The van der Waals surface area contributed by atoms with Gasteiger partial charge in [-0.3, -0.25) is 13.9 Å². The Kier molecular flexibility index (Phi) is 9.45. The number of nitrogens with one attached hydrogen (secondary N) is 1. The molecule has 0 fully saturated rings. The number of halogens is 2. The highest BCUT2D eigenvalue weighted by Gasteiger charge is 2.32. The van der Waals surface area contributed by atoms with E-state index in [0.717, 1.165) is 26.5 Å². The quantitative estimate of drug-likeness (QED) is 0.370. The fraction of sp³-hybridized carbons (Fsp3) is 0.259. The van der Waals surface area contributed by atoms with E-state index in [4.69, 9.17) is 0 Å². The zero-order valence-electron chi connectivity index (χ0n) is 20.8. The summed E-state index contributed by atoms with van der Waals surface area (Å²) in [7, 11) is -4.18. The first-order chi connectivity index (χ1) is 17.5. The average molecular weight is 591 g/mol. The predicted octanol–water partition coefficient (Wildman–Crippen LogP) is 4.73. The van der Waals surface area contributed by atoms with Gasteiger partial charge in [-0.25, -0.2) is 12.8 Å². The molecule has 0 aliphatic rings. The first-order valence-electron chi connectivity index (χ1n) is 11.7. The van der Waals surface area contributed by atoms with Crippen molar-refractivity contribution in [2.45, 2.75) is 44.3 Å². The Morgan fingerprint density at radius 3 is 2.08 bits per heavy atom. The number of benzene rings is 3. The Morgan fingerprint density at radius 2 is 1.51 bits per heavy atom. The van der Waals surface area contributed by atoms with E-state index in [1.807, 2.05) is 38.1 Å². The maximum atomic E-state index is 13.7. The Bertz CT molecular complexity index is 1320. The third-order valence-electron chi connectivity index (χ3n) is 5.59. The molecule has 0 saturated heterocycles. The van der Waals surface area contributed by atoms with Crippen LogP contribution in [-0.4, -0.2) is 43.8 Å². The molecule has 0 aromatic heterocycles. The van der Waals surface area contributed by atoms with Crippen LogP contribution in [0.5, 0.6) is 0 Å². The van der Waals surface area contributed by atoms with E-state index in [-0.39, 0.29) is 29.1 Å². The van der Waals surface area contributed by atoms with Crippen LogP contribution < -0.4 is 9.62 Å². The molecule has 0 unspecified atom stereocenters. The highest BCUT2D eigenvalue weighted by Crippen LogP contribution is 2.25. The van der Waals surface area contributed by atoms with Gasteiger partial charge in [-0.15, -0.1) is 0 Å². The molecule has 0 radical (unpaired) electrons. The van der Waals surface area contributed by atoms with Crippen LogP contribution in [0.3, 0.4) is 0 Å². The summed E-state index contributed by atoms with van der Waals surface area (Å²) < 4.78 is 42.6. The Morgan fingerprint density at radius 1 is 0.919 bits per heavy atom. The second kappa shape index (κ2) is 12.3. The third kappa shape index (κ3) is 7.39. The van der Waals surface area contributed by atoms with E-state index in [2.05, 4.69) is 21.2 Å². The van der Waals surface area contributed by atoms with Gasteiger partial charge in [0, 0.05) is 17.1 Å². The Labute approximate surface area is 225 Å². The van der Waals surface area contributed by atoms with E-state index in [1.54, 1.807) is 25.1 Å². The van der Waals surface area contributed by atoms with Crippen molar-refractivity contribution in [3.63, 3.8) is 0 Å². The van der Waals surface area contributed by atoms with Gasteiger partial charge in [0.2, 0.25) is 11.8 Å². The highest BCUT2D eigenvalue weighted by atomic mass is 79.9. The molecule has 3 aromatic rings. The summed E-state index contributed by atoms with van der Waals surface area (Å²) in [6, 6.07) is 18.8. The monoisotopic (exact) mass is 589 g/mol. The lowest BCUT2D eigenvalue weighted by molar-refractivity contribution is -0.139. The summed E-state index contributed by atoms with van der Waals surface area (Å²) in [6.07, 6.45) is 0. The molecule has 10 heteroatoms. The molecule has 2 amide bonds. The van der Waals surface area contributed by atoms with Crippen molar-refractivity contribution < 1.29 is 22.4 Å². The van der Waals surface area contributed by atoms with Crippen molar-refractivity contribution in [1.82, 2.24) is 10.2 Å². The lowest BCUT2D eigenvalue weighted by Gasteiger charge is -2.32. The zero-order valence-corrected chi connectivity index (χ0v) is 23.2. The molecule has 196 valence electrons. The van der Waals surface area contributed by atoms with E-state index >= 15 is 0 Å². The molecule has 0 aliphatic heterocycles. The minimum Gasteiger partial charge on any atom is -0.352 e. The van der Waals surface area contributed by atoms with Crippen LogP contribution in [-0.2, 0) is 26.2 Å². The fourth-order valence-corrected chi connectivity index (χ4v) is 5.33. The van der Waals surface area contributed by atoms with Gasteiger partial charge in [-0.1, -0.05) is 46.3 Å². The third-order valence-corrected chi connectivity index (χ3v) is 7.91. The van der Waals surface area contributed by atoms with Crippen LogP contribution in [0.25, 0.3) is 0 Å². The SMILES string of the molecule is CC(C)NC(=O)[C@@H](C)N(Cc1ccc(Br)cc1)C(=O)CN(c1ccc(F)cc1)S(=O)(=O)c1ccccc1. The molecule has 1 N–H and O–H groups in total. The average Bonchev–Trinajstić information content (AvgIpc) is 2.87. The van der Waals surface area contributed by atoms with Crippen molar-refractivity contribution >= 4 is 43.5 Å². The van der Waals surface area contributed by atoms with Crippen LogP contribution in [0.1, 0.15) is 26.3 Å². The maximum Gasteiger partial charge on any atom is 0.264 e. The number of anilines is 1. The van der Waals surface area contributed by atoms with E-state index in [1.165, 1.54) is 29.2 Å². The molecule has 0 saturated carbocycles. The predicted molar refractivity (Wildman–Crippen MR) is 145 cm³/mol. The topological polar surface area (TPSA) is 86.8 Å². The summed E-state index contributed by atoms with van der Waals surface area (Å²) in [4.78, 5) is 27.9. The summed E-state index contributed by atoms with van der Waals surface area (Å²) in [6.45, 7) is 4.73. The standard InChI is InChI=1S/C27H29BrFN3O4S/c1-19(2)30-27(34)20(3)31(17-21-9-11-22(28)12-10-21)26(33)18-32(24-15-13-23(29)14-16-24)37(35,36)25-7-5-4-6-8-25/h4-16,19-20H,17-18H2,1-3H3,(H,30,34)/t20-/m1/s1. The summed E-state index contributed by atoms with van der Waals surface area (Å²) in [5.41, 5.74) is 0.890. The fourth-order valence-electron chi connectivity index (χ4n) is 3.63. The first-order valence-corrected chi connectivity index (χ1v) is 13.9. The summed E-state index contributed by atoms with van der Waals surface area (Å²) in [5, 5.41) is 2.81. The molecule has 3 aromatic carbocycles. The lowest BCUT2D eigenvalue weighted by Crippen LogP contribution is -2.52. The Hall–Kier alpha value is -3.24. The number of amides is 2. The van der Waals surface area contributed by atoms with Gasteiger partial charge in [0.05, 0.1) is 10.6 Å². The summed E-state index contributed by atoms with van der Waals surface area (Å²) in [5.74, 6) is -1.49. The van der Waals surface area contributed by atoms with Gasteiger partial charge in [0.25, 0.3) is 10.0 Å². The smallest absolute Gasteiger partial charge is 0.264 e. The molecule has 0 spiro atoms. The van der Waals surface area contributed by atoms with Crippen molar-refractivity contribution in [3.05, 3.63) is 94.7 Å². The van der Waals surface area contributed by atoms with E-state index < -0.39 is 34.3 Å². The van der Waals surface area contributed by atoms with E-state index in [0.29, 0.717) is 0 Å². The molecule has 37 heavy (non-hydrogen) atoms. The number of hydrogen-bond acceptors (Lipinski definition) is 4. The maximum absolute atomic E-state index is 13.7. The molecule has 0 aliphatic carbocycles. The minimum atomic E-state index is -4.18. The number of nitrogens with zero attached hydrogens (tertiary/aromatic N) is 2. The van der Waals surface area contributed by atoms with Crippen molar-refractivity contribution in [1.29, 1.82) is 0 Å². The second-order valence-corrected chi connectivity index (χ2v) is 11.6. The molecular weight excluding hydrogens is 561 g/mol. The number of hydrogen-bond donors (Lipinski definition) is 1. The highest BCUT2D eigenvalue weighted by molar-refractivity contribution is 9.10. The van der Waals surface area contributed by atoms with Gasteiger partial charge in [0.15, 0.2) is 0 Å². The van der Waals surface area contributed by atoms with Gasteiger partial charge in [-0.05, 0) is 74.9 Å². The van der Waals surface area contributed by atoms with Crippen LogP contribution in [0.4, 0.5) is 10.1 Å². The zero-order chi connectivity index (χ0) is 27.2. The number of carbonyl (C=O) groups is 2. The van der Waals surface area contributed by atoms with Crippen LogP contribution in [0.15, 0.2) is 88.2 Å². The van der Waals surface area contributed by atoms with Gasteiger partial charge in [0.1, 0.15) is 18.4 Å². The van der Waals surface area contributed by atoms with Crippen LogP contribution in [0.2, 0.25) is 0 Å². The molecule has 1 atom stereocenters. The minimum absolute atomic E-state index is 0.0165. The molecule has 3 rings (SSSR count). The molecular formula is C27H29BrFN3O4S. The number of rotatable bonds is 10. The van der Waals surface area contributed by atoms with Crippen molar-refractivity contribution in [2.24, 2.45) is 0 Å². The van der Waals surface area contributed by atoms with Crippen LogP contribution >= 0.6 is 15.9 Å². The first kappa shape index (κ1) is 28.3. The largest absolute Gasteiger partial charge is 0.352 e. The molecule has 7 nitrogen and oxygen atoms in total. The van der Waals surface area contributed by atoms with Crippen molar-refractivity contribution in [3.8, 4) is 0 Å². The van der Waals surface area contributed by atoms with Gasteiger partial charge < -0.3 is 10.2 Å². The van der Waals surface area contributed by atoms with Gasteiger partial charge in [-0.2, -0.15) is 0 Å². The van der Waals surface area contributed by atoms with Crippen LogP contribution in [0, 0.1) is 5.82 Å². The number of carbonyl (C=O) groups excluding carboxylic acids is 2. The summed E-state index contributed by atoms with van der Waals surface area (Å²) >= 11 is 3.38. The lowest BCUT2D eigenvalue weighted by atomic mass is 10.1.